The molecule has 0 saturated carbocycles. The number of nitrogens with one attached hydrogen (secondary N) is 1. The van der Waals surface area contributed by atoms with Crippen LogP contribution in [0.15, 0.2) is 18.2 Å². The molecule has 1 saturated heterocycles. The summed E-state index contributed by atoms with van der Waals surface area (Å²) >= 11 is 0. The van der Waals surface area contributed by atoms with Crippen molar-refractivity contribution in [2.24, 2.45) is 0 Å². The van der Waals surface area contributed by atoms with Gasteiger partial charge in [0.25, 0.3) is 0 Å². The van der Waals surface area contributed by atoms with Crippen molar-refractivity contribution in [1.29, 1.82) is 0 Å². The lowest BCUT2D eigenvalue weighted by molar-refractivity contribution is 0.188. The fourth-order valence-corrected chi connectivity index (χ4v) is 2.05. The van der Waals surface area contributed by atoms with E-state index in [0.717, 1.165) is 25.2 Å². The minimum Gasteiger partial charge on any atom is -0.380 e. The van der Waals surface area contributed by atoms with Crippen molar-refractivity contribution >= 4 is 0 Å². The third kappa shape index (κ3) is 2.60. The van der Waals surface area contributed by atoms with Crippen LogP contribution in [-0.4, -0.2) is 19.3 Å². The van der Waals surface area contributed by atoms with Crippen molar-refractivity contribution in [2.75, 3.05) is 13.2 Å². The summed E-state index contributed by atoms with van der Waals surface area (Å²) in [4.78, 5) is 0. The van der Waals surface area contributed by atoms with Crippen LogP contribution in [0.25, 0.3) is 0 Å². The quantitative estimate of drug-likeness (QED) is 0.850. The molecule has 0 amide bonds. The zero-order valence-corrected chi connectivity index (χ0v) is 9.79. The zero-order valence-electron chi connectivity index (χ0n) is 9.79. The summed E-state index contributed by atoms with van der Waals surface area (Å²) < 4.78 is 18.4. The standard InChI is InChI=1S/C13H18FNO/c1-9-7-11(3-4-13(9)14)10(2)15-12-5-6-16-8-12/h3-4,7,10,12,15H,5-6,8H2,1-2H3. The molecule has 88 valence electrons. The highest BCUT2D eigenvalue weighted by Gasteiger charge is 2.18. The van der Waals surface area contributed by atoms with E-state index in [1.807, 2.05) is 12.1 Å². The van der Waals surface area contributed by atoms with Gasteiger partial charge in [0.1, 0.15) is 5.82 Å². The van der Waals surface area contributed by atoms with E-state index >= 15 is 0 Å². The molecule has 0 radical (unpaired) electrons. The molecule has 1 N–H and O–H groups in total. The van der Waals surface area contributed by atoms with Gasteiger partial charge in [-0.3, -0.25) is 0 Å². The maximum Gasteiger partial charge on any atom is 0.126 e. The van der Waals surface area contributed by atoms with Crippen LogP contribution in [0.4, 0.5) is 4.39 Å². The summed E-state index contributed by atoms with van der Waals surface area (Å²) in [6.45, 7) is 5.52. The van der Waals surface area contributed by atoms with E-state index < -0.39 is 0 Å². The van der Waals surface area contributed by atoms with Crippen molar-refractivity contribution < 1.29 is 9.13 Å². The number of benzene rings is 1. The van der Waals surface area contributed by atoms with E-state index in [1.165, 1.54) is 6.07 Å². The summed E-state index contributed by atoms with van der Waals surface area (Å²) in [5, 5.41) is 3.49. The monoisotopic (exact) mass is 223 g/mol. The van der Waals surface area contributed by atoms with E-state index in [9.17, 15) is 4.39 Å². The molecular weight excluding hydrogens is 205 g/mol. The SMILES string of the molecule is Cc1cc(C(C)NC2CCOC2)ccc1F. The highest BCUT2D eigenvalue weighted by Crippen LogP contribution is 2.18. The van der Waals surface area contributed by atoms with Gasteiger partial charge in [0.2, 0.25) is 0 Å². The molecule has 3 heteroatoms. The van der Waals surface area contributed by atoms with Crippen LogP contribution < -0.4 is 5.32 Å². The first kappa shape index (κ1) is 11.6. The molecule has 2 unspecified atom stereocenters. The van der Waals surface area contributed by atoms with Crippen LogP contribution in [0, 0.1) is 12.7 Å². The van der Waals surface area contributed by atoms with Gasteiger partial charge in [-0.1, -0.05) is 12.1 Å². The molecule has 0 aromatic heterocycles. The Morgan fingerprint density at radius 2 is 2.31 bits per heavy atom. The molecular formula is C13H18FNO. The topological polar surface area (TPSA) is 21.3 Å². The van der Waals surface area contributed by atoms with Crippen LogP contribution in [0.1, 0.15) is 30.5 Å². The van der Waals surface area contributed by atoms with E-state index in [-0.39, 0.29) is 11.9 Å². The van der Waals surface area contributed by atoms with Crippen molar-refractivity contribution in [3.05, 3.63) is 35.1 Å². The molecule has 1 heterocycles. The summed E-state index contributed by atoms with van der Waals surface area (Å²) in [5.41, 5.74) is 1.83. The lowest BCUT2D eigenvalue weighted by atomic mass is 10.0. The minimum absolute atomic E-state index is 0.139. The minimum atomic E-state index is -0.139. The maximum absolute atomic E-state index is 13.1. The molecule has 0 bridgehead atoms. The van der Waals surface area contributed by atoms with Gasteiger partial charge in [-0.2, -0.15) is 0 Å². The van der Waals surface area contributed by atoms with E-state index in [2.05, 4.69) is 12.2 Å². The number of halogens is 1. The van der Waals surface area contributed by atoms with Crippen molar-refractivity contribution in [3.63, 3.8) is 0 Å². The fourth-order valence-electron chi connectivity index (χ4n) is 2.05. The van der Waals surface area contributed by atoms with Crippen LogP contribution in [0.3, 0.4) is 0 Å². The van der Waals surface area contributed by atoms with Gasteiger partial charge in [0, 0.05) is 18.7 Å². The molecule has 1 fully saturated rings. The summed E-state index contributed by atoms with van der Waals surface area (Å²) in [6.07, 6.45) is 1.06. The molecule has 2 nitrogen and oxygen atoms in total. The third-order valence-corrected chi connectivity index (χ3v) is 3.10. The second-order valence-electron chi connectivity index (χ2n) is 4.46. The van der Waals surface area contributed by atoms with Gasteiger partial charge in [-0.05, 0) is 37.5 Å². The number of hydrogen-bond donors (Lipinski definition) is 1. The zero-order chi connectivity index (χ0) is 11.5. The van der Waals surface area contributed by atoms with Crippen LogP contribution in [0.5, 0.6) is 0 Å². The molecule has 2 rings (SSSR count). The van der Waals surface area contributed by atoms with E-state index in [1.54, 1.807) is 6.92 Å². The van der Waals surface area contributed by atoms with E-state index in [0.29, 0.717) is 11.6 Å². The number of ether oxygens (including phenoxy) is 1. The number of hydrogen-bond acceptors (Lipinski definition) is 2. The van der Waals surface area contributed by atoms with Gasteiger partial charge in [0.05, 0.1) is 6.61 Å². The van der Waals surface area contributed by atoms with Crippen molar-refractivity contribution in [2.45, 2.75) is 32.4 Å². The molecule has 1 aromatic carbocycles. The second kappa shape index (κ2) is 4.93. The van der Waals surface area contributed by atoms with Gasteiger partial charge in [0.15, 0.2) is 0 Å². The Hall–Kier alpha value is -0.930. The Morgan fingerprint density at radius 3 is 2.94 bits per heavy atom. The molecule has 0 spiro atoms. The predicted molar refractivity (Wildman–Crippen MR) is 61.9 cm³/mol. The Morgan fingerprint density at radius 1 is 1.50 bits per heavy atom. The highest BCUT2D eigenvalue weighted by atomic mass is 19.1. The molecule has 16 heavy (non-hydrogen) atoms. The van der Waals surface area contributed by atoms with Crippen LogP contribution in [-0.2, 0) is 4.74 Å². The first-order valence-electron chi connectivity index (χ1n) is 5.76. The number of aryl methyl sites for hydroxylation is 1. The van der Waals surface area contributed by atoms with Crippen molar-refractivity contribution in [1.82, 2.24) is 5.32 Å². The predicted octanol–water partition coefficient (Wildman–Crippen LogP) is 2.57. The maximum atomic E-state index is 13.1. The van der Waals surface area contributed by atoms with Gasteiger partial charge >= 0.3 is 0 Å². The molecule has 1 aliphatic heterocycles. The smallest absolute Gasteiger partial charge is 0.126 e. The van der Waals surface area contributed by atoms with Crippen molar-refractivity contribution in [3.8, 4) is 0 Å². The average Bonchev–Trinajstić information content (AvgIpc) is 2.74. The molecule has 1 aromatic rings. The Kier molecular flexibility index (Phi) is 3.56. The first-order valence-corrected chi connectivity index (χ1v) is 5.76. The fraction of sp³-hybridized carbons (Fsp3) is 0.538. The lowest BCUT2D eigenvalue weighted by Gasteiger charge is -2.19. The summed E-state index contributed by atoms with van der Waals surface area (Å²) in [6, 6.07) is 5.96. The summed E-state index contributed by atoms with van der Waals surface area (Å²) in [7, 11) is 0. The summed E-state index contributed by atoms with van der Waals surface area (Å²) in [5.74, 6) is -0.139. The Labute approximate surface area is 95.8 Å². The first-order chi connectivity index (χ1) is 7.66. The largest absolute Gasteiger partial charge is 0.380 e. The Bertz CT molecular complexity index is 361. The third-order valence-electron chi connectivity index (χ3n) is 3.10. The van der Waals surface area contributed by atoms with Gasteiger partial charge < -0.3 is 10.1 Å². The molecule has 1 aliphatic rings. The van der Waals surface area contributed by atoms with Gasteiger partial charge in [-0.25, -0.2) is 4.39 Å². The average molecular weight is 223 g/mol. The van der Waals surface area contributed by atoms with Gasteiger partial charge in [-0.15, -0.1) is 0 Å². The lowest BCUT2D eigenvalue weighted by Crippen LogP contribution is -2.31. The Balaban J connectivity index is 2.02. The normalized spacial score (nSPS) is 22.3. The van der Waals surface area contributed by atoms with Crippen LogP contribution >= 0.6 is 0 Å². The van der Waals surface area contributed by atoms with E-state index in [4.69, 9.17) is 4.74 Å². The highest BCUT2D eigenvalue weighted by molar-refractivity contribution is 5.26. The van der Waals surface area contributed by atoms with Crippen LogP contribution in [0.2, 0.25) is 0 Å². The second-order valence-corrected chi connectivity index (χ2v) is 4.46. The number of rotatable bonds is 3. The molecule has 0 aliphatic carbocycles. The molecule has 2 atom stereocenters.